The van der Waals surface area contributed by atoms with Crippen LogP contribution in [0.3, 0.4) is 0 Å². The first-order valence-corrected chi connectivity index (χ1v) is 11.9. The van der Waals surface area contributed by atoms with Gasteiger partial charge in [-0.05, 0) is 58.6 Å². The Morgan fingerprint density at radius 3 is 2.53 bits per heavy atom. The standard InChI is InChI=1S/C26H29N7O3/c1-26(2,3)36-31-21(24-29-12-13-35-24)16-6-9-18(10-7-16)32(4)23-19(15-28)25(34)33(5)20-11-8-17(14-27)30-22(20)23/h8,11-13,16,18H,6-7,9-10H2,1-5H3/b31-21+. The van der Waals surface area contributed by atoms with Crippen LogP contribution in [0.2, 0.25) is 0 Å². The lowest BCUT2D eigenvalue weighted by molar-refractivity contribution is -0.000298. The third-order valence-electron chi connectivity index (χ3n) is 6.49. The molecule has 0 radical (unpaired) electrons. The molecule has 3 aromatic rings. The summed E-state index contributed by atoms with van der Waals surface area (Å²) in [6.07, 6.45) is 6.28. The number of nitriles is 2. The number of aryl methyl sites for hydroxylation is 1. The Kier molecular flexibility index (Phi) is 6.80. The summed E-state index contributed by atoms with van der Waals surface area (Å²) in [4.78, 5) is 29.4. The smallest absolute Gasteiger partial charge is 0.270 e. The molecule has 0 spiro atoms. The van der Waals surface area contributed by atoms with Crippen LogP contribution in [0.5, 0.6) is 0 Å². The van der Waals surface area contributed by atoms with Crippen molar-refractivity contribution in [2.24, 2.45) is 18.1 Å². The average molecular weight is 488 g/mol. The van der Waals surface area contributed by atoms with Crippen molar-refractivity contribution in [1.29, 1.82) is 10.5 Å². The molecule has 0 aromatic carbocycles. The Morgan fingerprint density at radius 2 is 1.94 bits per heavy atom. The Morgan fingerprint density at radius 1 is 1.22 bits per heavy atom. The van der Waals surface area contributed by atoms with Gasteiger partial charge in [-0.3, -0.25) is 4.79 Å². The number of hydrogen-bond acceptors (Lipinski definition) is 9. The van der Waals surface area contributed by atoms with E-state index < -0.39 is 5.60 Å². The Bertz CT molecular complexity index is 1430. The maximum absolute atomic E-state index is 13.0. The average Bonchev–Trinajstić information content (AvgIpc) is 3.39. The van der Waals surface area contributed by atoms with Gasteiger partial charge in [-0.15, -0.1) is 0 Å². The number of oxazole rings is 1. The lowest BCUT2D eigenvalue weighted by Gasteiger charge is -2.36. The van der Waals surface area contributed by atoms with Crippen LogP contribution in [0.4, 0.5) is 5.69 Å². The maximum Gasteiger partial charge on any atom is 0.270 e. The maximum atomic E-state index is 13.0. The largest absolute Gasteiger partial charge is 0.443 e. The van der Waals surface area contributed by atoms with E-state index in [1.807, 2.05) is 32.7 Å². The van der Waals surface area contributed by atoms with Crippen LogP contribution in [0, 0.1) is 28.6 Å². The Balaban J connectivity index is 1.65. The molecular formula is C26H29N7O3. The minimum absolute atomic E-state index is 0.0258. The normalized spacial score (nSPS) is 18.5. The molecule has 1 aliphatic rings. The summed E-state index contributed by atoms with van der Waals surface area (Å²) in [7, 11) is 3.49. The van der Waals surface area contributed by atoms with Crippen LogP contribution >= 0.6 is 0 Å². The highest BCUT2D eigenvalue weighted by Gasteiger charge is 2.32. The predicted octanol–water partition coefficient (Wildman–Crippen LogP) is 3.88. The highest BCUT2D eigenvalue weighted by atomic mass is 16.6. The number of hydrogen-bond donors (Lipinski definition) is 0. The molecule has 3 aromatic heterocycles. The minimum atomic E-state index is -0.446. The molecule has 0 atom stereocenters. The van der Waals surface area contributed by atoms with Gasteiger partial charge in [-0.2, -0.15) is 10.5 Å². The number of pyridine rings is 2. The fourth-order valence-corrected chi connectivity index (χ4v) is 4.64. The van der Waals surface area contributed by atoms with Crippen LogP contribution in [-0.2, 0) is 11.9 Å². The van der Waals surface area contributed by atoms with Gasteiger partial charge in [0, 0.05) is 26.1 Å². The van der Waals surface area contributed by atoms with E-state index in [1.165, 1.54) is 10.8 Å². The van der Waals surface area contributed by atoms with Crippen molar-refractivity contribution in [3.8, 4) is 12.1 Å². The molecule has 0 amide bonds. The highest BCUT2D eigenvalue weighted by molar-refractivity contribution is 5.98. The predicted molar refractivity (Wildman–Crippen MR) is 134 cm³/mol. The summed E-state index contributed by atoms with van der Waals surface area (Å²) in [5, 5.41) is 23.7. The van der Waals surface area contributed by atoms with Crippen molar-refractivity contribution < 1.29 is 9.25 Å². The molecule has 10 nitrogen and oxygen atoms in total. The molecule has 186 valence electrons. The van der Waals surface area contributed by atoms with Gasteiger partial charge in [0.2, 0.25) is 5.89 Å². The molecule has 0 aliphatic heterocycles. The molecular weight excluding hydrogens is 458 g/mol. The third-order valence-corrected chi connectivity index (χ3v) is 6.49. The van der Waals surface area contributed by atoms with Crippen LogP contribution in [0.15, 0.2) is 39.0 Å². The van der Waals surface area contributed by atoms with E-state index in [0.717, 1.165) is 25.7 Å². The second-order valence-electron chi connectivity index (χ2n) is 10.0. The fourth-order valence-electron chi connectivity index (χ4n) is 4.64. The second kappa shape index (κ2) is 9.82. The second-order valence-corrected chi connectivity index (χ2v) is 10.0. The number of nitrogens with zero attached hydrogens (tertiary/aromatic N) is 7. The summed E-state index contributed by atoms with van der Waals surface area (Å²) in [5.41, 5.74) is 1.63. The van der Waals surface area contributed by atoms with Crippen LogP contribution in [-0.4, -0.2) is 38.9 Å². The van der Waals surface area contributed by atoms with Gasteiger partial charge in [-0.1, -0.05) is 5.16 Å². The topological polar surface area (TPSA) is 133 Å². The number of rotatable bonds is 5. The van der Waals surface area contributed by atoms with Crippen molar-refractivity contribution in [3.63, 3.8) is 0 Å². The van der Waals surface area contributed by atoms with E-state index in [-0.39, 0.29) is 28.8 Å². The molecule has 0 saturated heterocycles. The van der Waals surface area contributed by atoms with Gasteiger partial charge in [0.05, 0.1) is 17.4 Å². The van der Waals surface area contributed by atoms with E-state index in [4.69, 9.17) is 9.25 Å². The van der Waals surface area contributed by atoms with E-state index in [2.05, 4.69) is 27.3 Å². The molecule has 0 unspecified atom stereocenters. The van der Waals surface area contributed by atoms with Gasteiger partial charge < -0.3 is 18.7 Å². The van der Waals surface area contributed by atoms with E-state index >= 15 is 0 Å². The van der Waals surface area contributed by atoms with E-state index in [1.54, 1.807) is 25.4 Å². The first-order valence-electron chi connectivity index (χ1n) is 11.9. The van der Waals surface area contributed by atoms with Crippen molar-refractivity contribution in [2.75, 3.05) is 11.9 Å². The van der Waals surface area contributed by atoms with Gasteiger partial charge in [-0.25, -0.2) is 9.97 Å². The quantitative estimate of drug-likeness (QED) is 0.391. The van der Waals surface area contributed by atoms with Gasteiger partial charge >= 0.3 is 0 Å². The minimum Gasteiger partial charge on any atom is -0.443 e. The van der Waals surface area contributed by atoms with Crippen molar-refractivity contribution in [2.45, 2.75) is 58.1 Å². The van der Waals surface area contributed by atoms with E-state index in [9.17, 15) is 15.3 Å². The molecule has 0 N–H and O–H groups in total. The Hall–Kier alpha value is -4.18. The summed E-state index contributed by atoms with van der Waals surface area (Å²) in [6.45, 7) is 5.80. The third kappa shape index (κ3) is 4.80. The lowest BCUT2D eigenvalue weighted by atomic mass is 9.82. The first kappa shape index (κ1) is 24.9. The zero-order valence-corrected chi connectivity index (χ0v) is 21.1. The van der Waals surface area contributed by atoms with Gasteiger partial charge in [0.25, 0.3) is 5.56 Å². The Labute approximate surface area is 209 Å². The van der Waals surface area contributed by atoms with Crippen molar-refractivity contribution in [3.05, 3.63) is 52.1 Å². The first-order chi connectivity index (χ1) is 17.1. The fraction of sp³-hybridized carbons (Fsp3) is 0.462. The molecule has 1 aliphatic carbocycles. The summed E-state index contributed by atoms with van der Waals surface area (Å²) < 4.78 is 6.95. The lowest BCUT2D eigenvalue weighted by Crippen LogP contribution is -2.39. The summed E-state index contributed by atoms with van der Waals surface area (Å²) in [6, 6.07) is 7.46. The highest BCUT2D eigenvalue weighted by Crippen LogP contribution is 2.35. The molecule has 1 fully saturated rings. The summed E-state index contributed by atoms with van der Waals surface area (Å²) >= 11 is 0. The zero-order valence-electron chi connectivity index (χ0n) is 21.1. The summed E-state index contributed by atoms with van der Waals surface area (Å²) in [5.74, 6) is 0.545. The molecule has 10 heteroatoms. The van der Waals surface area contributed by atoms with E-state index in [0.29, 0.717) is 28.3 Å². The van der Waals surface area contributed by atoms with Crippen LogP contribution in [0.1, 0.15) is 63.6 Å². The van der Waals surface area contributed by atoms with Crippen LogP contribution < -0.4 is 10.5 Å². The molecule has 36 heavy (non-hydrogen) atoms. The number of anilines is 1. The van der Waals surface area contributed by atoms with Gasteiger partial charge in [0.15, 0.2) is 0 Å². The van der Waals surface area contributed by atoms with Crippen molar-refractivity contribution in [1.82, 2.24) is 14.5 Å². The van der Waals surface area contributed by atoms with Gasteiger partial charge in [0.1, 0.15) is 46.5 Å². The van der Waals surface area contributed by atoms with Crippen molar-refractivity contribution >= 4 is 22.4 Å². The molecule has 4 rings (SSSR count). The SMILES string of the molecule is CN(c1c(C#N)c(=O)n(C)c2ccc(C#N)nc12)C1CCC(/C(=N\OC(C)(C)C)c2ncco2)CC1. The molecule has 0 bridgehead atoms. The monoisotopic (exact) mass is 487 g/mol. The van der Waals surface area contributed by atoms with Crippen LogP contribution in [0.25, 0.3) is 11.0 Å². The molecule has 3 heterocycles. The number of fused-ring (bicyclic) bond motifs is 1. The molecule has 1 saturated carbocycles. The number of oxime groups is 1. The number of aromatic nitrogens is 3. The zero-order chi connectivity index (χ0) is 26.0.